The molecular formula is C22H31N3O2. The summed E-state index contributed by atoms with van der Waals surface area (Å²) in [6, 6.07) is 10.5. The Hall–Kier alpha value is -2.30. The van der Waals surface area contributed by atoms with Gasteiger partial charge in [-0.1, -0.05) is 42.4 Å². The van der Waals surface area contributed by atoms with Crippen LogP contribution < -0.4 is 4.90 Å². The highest BCUT2D eigenvalue weighted by molar-refractivity contribution is 5.82. The maximum absolute atomic E-state index is 13.0. The zero-order chi connectivity index (χ0) is 19.6. The highest BCUT2D eigenvalue weighted by atomic mass is 16.5. The number of nitrogens with zero attached hydrogens (tertiary/aromatic N) is 3. The van der Waals surface area contributed by atoms with Crippen molar-refractivity contribution in [1.29, 1.82) is 0 Å². The molecule has 27 heavy (non-hydrogen) atoms. The van der Waals surface area contributed by atoms with Crippen LogP contribution in [0.2, 0.25) is 0 Å². The van der Waals surface area contributed by atoms with Crippen LogP contribution in [0.3, 0.4) is 0 Å². The second kappa shape index (κ2) is 8.15. The number of amides is 1. The molecule has 0 saturated heterocycles. The highest BCUT2D eigenvalue weighted by Gasteiger charge is 2.36. The average molecular weight is 370 g/mol. The first kappa shape index (κ1) is 19.5. The van der Waals surface area contributed by atoms with Crippen molar-refractivity contribution in [2.75, 3.05) is 11.9 Å². The molecule has 0 bridgehead atoms. The lowest BCUT2D eigenvalue weighted by molar-refractivity contribution is -0.135. The van der Waals surface area contributed by atoms with Gasteiger partial charge in [0.05, 0.1) is 12.1 Å². The van der Waals surface area contributed by atoms with Crippen molar-refractivity contribution in [2.24, 2.45) is 5.92 Å². The Labute approximate surface area is 162 Å². The van der Waals surface area contributed by atoms with Crippen LogP contribution in [0.25, 0.3) is 11.3 Å². The van der Waals surface area contributed by atoms with E-state index in [1.165, 1.54) is 0 Å². The van der Waals surface area contributed by atoms with Gasteiger partial charge in [0, 0.05) is 30.6 Å². The number of benzene rings is 1. The van der Waals surface area contributed by atoms with E-state index >= 15 is 0 Å². The lowest BCUT2D eigenvalue weighted by atomic mass is 10.0. The first-order valence-electron chi connectivity index (χ1n) is 10.0. The Morgan fingerprint density at radius 2 is 1.89 bits per heavy atom. The zero-order valence-corrected chi connectivity index (χ0v) is 17.1. The monoisotopic (exact) mass is 369 g/mol. The summed E-state index contributed by atoms with van der Waals surface area (Å²) in [5.41, 5.74) is 2.84. The Morgan fingerprint density at radius 3 is 2.44 bits per heavy atom. The quantitative estimate of drug-likeness (QED) is 0.675. The van der Waals surface area contributed by atoms with Crippen molar-refractivity contribution in [3.8, 4) is 11.3 Å². The average Bonchev–Trinajstić information content (AvgIpc) is 3.45. The molecule has 2 aromatic rings. The zero-order valence-electron chi connectivity index (χ0n) is 17.1. The standard InChI is InChI=1S/C22H31N3O2/c1-6-16(4)25(21(26)18-12-13-18)14-19-20(17-10-8-7-9-11-17)23-27-22(19)24(5)15(2)3/h7-11,15-16,18H,6,12-14H2,1-5H3/t16-/m0/s1. The fourth-order valence-electron chi connectivity index (χ4n) is 3.18. The minimum Gasteiger partial charge on any atom is -0.341 e. The number of rotatable bonds is 8. The Balaban J connectivity index is 2.02. The Morgan fingerprint density at radius 1 is 1.22 bits per heavy atom. The van der Waals surface area contributed by atoms with Gasteiger partial charge in [-0.2, -0.15) is 0 Å². The van der Waals surface area contributed by atoms with E-state index in [9.17, 15) is 4.79 Å². The van der Waals surface area contributed by atoms with Crippen LogP contribution in [-0.2, 0) is 11.3 Å². The Kier molecular flexibility index (Phi) is 5.88. The topological polar surface area (TPSA) is 49.6 Å². The summed E-state index contributed by atoms with van der Waals surface area (Å²) < 4.78 is 5.78. The van der Waals surface area contributed by atoms with Gasteiger partial charge in [0.1, 0.15) is 5.69 Å². The predicted molar refractivity (Wildman–Crippen MR) is 109 cm³/mol. The van der Waals surface area contributed by atoms with Crippen LogP contribution in [-0.4, -0.2) is 35.1 Å². The van der Waals surface area contributed by atoms with E-state index in [1.54, 1.807) is 0 Å². The van der Waals surface area contributed by atoms with Crippen LogP contribution in [0.4, 0.5) is 5.88 Å². The minimum absolute atomic E-state index is 0.189. The second-order valence-electron chi connectivity index (χ2n) is 7.88. The molecule has 5 heteroatoms. The van der Waals surface area contributed by atoms with E-state index < -0.39 is 0 Å². The summed E-state index contributed by atoms with van der Waals surface area (Å²) in [4.78, 5) is 17.1. The van der Waals surface area contributed by atoms with Crippen molar-refractivity contribution >= 4 is 11.8 Å². The number of carbonyl (C=O) groups is 1. The summed E-state index contributed by atoms with van der Waals surface area (Å²) in [5.74, 6) is 1.22. The molecule has 5 nitrogen and oxygen atoms in total. The number of hydrogen-bond donors (Lipinski definition) is 0. The molecular weight excluding hydrogens is 338 g/mol. The summed E-state index contributed by atoms with van der Waals surface area (Å²) in [5, 5.41) is 4.39. The van der Waals surface area contributed by atoms with Crippen LogP contribution in [0.1, 0.15) is 52.5 Å². The fraction of sp³-hybridized carbons (Fsp3) is 0.545. The van der Waals surface area contributed by atoms with Gasteiger partial charge in [-0.25, -0.2) is 0 Å². The van der Waals surface area contributed by atoms with E-state index in [4.69, 9.17) is 4.52 Å². The van der Waals surface area contributed by atoms with E-state index in [2.05, 4.69) is 37.8 Å². The van der Waals surface area contributed by atoms with Gasteiger partial charge < -0.3 is 14.3 Å². The molecule has 0 N–H and O–H groups in total. The third kappa shape index (κ3) is 4.18. The van der Waals surface area contributed by atoms with Crippen molar-refractivity contribution in [1.82, 2.24) is 10.1 Å². The van der Waals surface area contributed by atoms with Crippen molar-refractivity contribution < 1.29 is 9.32 Å². The third-order valence-corrected chi connectivity index (χ3v) is 5.57. The Bertz CT molecular complexity index is 765. The predicted octanol–water partition coefficient (Wildman–Crippen LogP) is 4.72. The molecule has 1 heterocycles. The largest absolute Gasteiger partial charge is 0.341 e. The van der Waals surface area contributed by atoms with E-state index in [1.807, 2.05) is 42.3 Å². The normalized spacial score (nSPS) is 15.0. The molecule has 1 aliphatic rings. The maximum atomic E-state index is 13.0. The summed E-state index contributed by atoms with van der Waals surface area (Å²) in [6.07, 6.45) is 2.96. The molecule has 1 amide bonds. The van der Waals surface area contributed by atoms with Gasteiger partial charge in [0.25, 0.3) is 0 Å². The number of aromatic nitrogens is 1. The lowest BCUT2D eigenvalue weighted by Crippen LogP contribution is -2.39. The van der Waals surface area contributed by atoms with Gasteiger partial charge in [0.15, 0.2) is 0 Å². The number of carbonyl (C=O) groups excluding carboxylic acids is 1. The van der Waals surface area contributed by atoms with Crippen LogP contribution >= 0.6 is 0 Å². The summed E-state index contributed by atoms with van der Waals surface area (Å²) in [6.45, 7) is 9.03. The SMILES string of the molecule is CC[C@H](C)N(Cc1c(-c2ccccc2)noc1N(C)C(C)C)C(=O)C1CC1. The molecule has 1 aromatic heterocycles. The molecule has 0 spiro atoms. The second-order valence-corrected chi connectivity index (χ2v) is 7.88. The molecule has 1 saturated carbocycles. The first-order valence-corrected chi connectivity index (χ1v) is 10.0. The van der Waals surface area contributed by atoms with Gasteiger partial charge in [-0.15, -0.1) is 0 Å². The van der Waals surface area contributed by atoms with Gasteiger partial charge in [0.2, 0.25) is 11.8 Å². The van der Waals surface area contributed by atoms with Crippen LogP contribution in [0.5, 0.6) is 0 Å². The summed E-state index contributed by atoms with van der Waals surface area (Å²) in [7, 11) is 2.01. The number of hydrogen-bond acceptors (Lipinski definition) is 4. The first-order chi connectivity index (χ1) is 12.9. The summed E-state index contributed by atoms with van der Waals surface area (Å²) >= 11 is 0. The van der Waals surface area contributed by atoms with Crippen LogP contribution in [0, 0.1) is 5.92 Å². The molecule has 1 atom stereocenters. The molecule has 0 unspecified atom stereocenters. The van der Waals surface area contributed by atoms with Crippen molar-refractivity contribution in [3.05, 3.63) is 35.9 Å². The highest BCUT2D eigenvalue weighted by Crippen LogP contribution is 2.36. The lowest BCUT2D eigenvalue weighted by Gasteiger charge is -2.30. The van der Waals surface area contributed by atoms with Gasteiger partial charge >= 0.3 is 0 Å². The van der Waals surface area contributed by atoms with E-state index in [0.717, 1.165) is 42.0 Å². The van der Waals surface area contributed by atoms with Gasteiger partial charge in [-0.05, 0) is 40.0 Å². The molecule has 146 valence electrons. The molecule has 1 fully saturated rings. The van der Waals surface area contributed by atoms with Crippen molar-refractivity contribution in [3.63, 3.8) is 0 Å². The molecule has 0 aliphatic heterocycles. The number of anilines is 1. The van der Waals surface area contributed by atoms with E-state index in [0.29, 0.717) is 6.54 Å². The third-order valence-electron chi connectivity index (χ3n) is 5.57. The maximum Gasteiger partial charge on any atom is 0.232 e. The smallest absolute Gasteiger partial charge is 0.232 e. The van der Waals surface area contributed by atoms with Crippen LogP contribution in [0.15, 0.2) is 34.9 Å². The molecule has 0 radical (unpaired) electrons. The molecule has 1 aromatic carbocycles. The van der Waals surface area contributed by atoms with E-state index in [-0.39, 0.29) is 23.9 Å². The molecule has 1 aliphatic carbocycles. The fourth-order valence-corrected chi connectivity index (χ4v) is 3.18. The minimum atomic E-state index is 0.189. The molecule has 3 rings (SSSR count). The van der Waals surface area contributed by atoms with Crippen molar-refractivity contribution in [2.45, 2.75) is 65.6 Å². The van der Waals surface area contributed by atoms with Gasteiger partial charge in [-0.3, -0.25) is 4.79 Å².